The summed E-state index contributed by atoms with van der Waals surface area (Å²) in [5, 5.41) is 1.07. The first-order valence-corrected chi connectivity index (χ1v) is 6.22. The predicted octanol–water partition coefficient (Wildman–Crippen LogP) is 2.12. The van der Waals surface area contributed by atoms with Crippen molar-refractivity contribution in [3.63, 3.8) is 0 Å². The fourth-order valence-electron chi connectivity index (χ4n) is 2.43. The molecule has 0 aliphatic heterocycles. The normalized spacial score (nSPS) is 11.5. The molecule has 0 unspecified atom stereocenters. The molecule has 2 heterocycles. The van der Waals surface area contributed by atoms with Gasteiger partial charge in [-0.2, -0.15) is 0 Å². The fraction of sp³-hybridized carbons (Fsp3) is 0.286. The summed E-state index contributed by atoms with van der Waals surface area (Å²) in [6.07, 6.45) is 0. The van der Waals surface area contributed by atoms with E-state index < -0.39 is 0 Å². The molecule has 0 radical (unpaired) electrons. The van der Waals surface area contributed by atoms with Gasteiger partial charge in [-0.15, -0.1) is 0 Å². The van der Waals surface area contributed by atoms with E-state index in [1.807, 2.05) is 25.1 Å². The summed E-state index contributed by atoms with van der Waals surface area (Å²) < 4.78 is 7.30. The minimum absolute atomic E-state index is 0.480. The van der Waals surface area contributed by atoms with Crippen LogP contribution in [-0.4, -0.2) is 28.3 Å². The van der Waals surface area contributed by atoms with Crippen LogP contribution in [0.4, 0.5) is 5.82 Å². The molecule has 2 aromatic heterocycles. The van der Waals surface area contributed by atoms with Crippen molar-refractivity contribution in [2.24, 2.45) is 0 Å². The summed E-state index contributed by atoms with van der Waals surface area (Å²) in [5.74, 6) is 1.41. The third kappa shape index (κ3) is 1.82. The maximum absolute atomic E-state index is 6.01. The van der Waals surface area contributed by atoms with E-state index in [2.05, 4.69) is 20.6 Å². The van der Waals surface area contributed by atoms with Gasteiger partial charge in [-0.05, 0) is 13.0 Å². The Bertz CT molecular complexity index is 748. The lowest BCUT2D eigenvalue weighted by Gasteiger charge is -2.08. The predicted molar refractivity (Wildman–Crippen MR) is 76.1 cm³/mol. The highest BCUT2D eigenvalue weighted by Crippen LogP contribution is 2.28. The van der Waals surface area contributed by atoms with Gasteiger partial charge in [0.1, 0.15) is 11.3 Å². The minimum Gasteiger partial charge on any atom is -0.383 e. The van der Waals surface area contributed by atoms with Gasteiger partial charge >= 0.3 is 0 Å². The zero-order valence-corrected chi connectivity index (χ0v) is 11.1. The average molecular weight is 256 g/mol. The van der Waals surface area contributed by atoms with Crippen LogP contribution in [0.5, 0.6) is 0 Å². The molecule has 5 heteroatoms. The average Bonchev–Trinajstić information content (AvgIpc) is 2.74. The fourth-order valence-corrected chi connectivity index (χ4v) is 2.43. The summed E-state index contributed by atoms with van der Waals surface area (Å²) in [6, 6.07) is 7.98. The molecule has 5 nitrogen and oxygen atoms in total. The number of nitrogen functional groups attached to an aromatic ring is 1. The second-order valence-corrected chi connectivity index (χ2v) is 4.51. The molecular weight excluding hydrogens is 240 g/mol. The number of ether oxygens (including phenoxy) is 1. The van der Waals surface area contributed by atoms with Crippen LogP contribution in [0.25, 0.3) is 21.9 Å². The number of imidazole rings is 1. The van der Waals surface area contributed by atoms with E-state index in [4.69, 9.17) is 10.5 Å². The number of hydrogen-bond acceptors (Lipinski definition) is 4. The van der Waals surface area contributed by atoms with Crippen LogP contribution in [0.15, 0.2) is 24.3 Å². The molecule has 0 bridgehead atoms. The van der Waals surface area contributed by atoms with Gasteiger partial charge in [-0.25, -0.2) is 9.97 Å². The van der Waals surface area contributed by atoms with E-state index in [1.54, 1.807) is 7.11 Å². The van der Waals surface area contributed by atoms with Gasteiger partial charge in [-0.1, -0.05) is 18.2 Å². The Morgan fingerprint density at radius 3 is 2.84 bits per heavy atom. The van der Waals surface area contributed by atoms with Crippen LogP contribution in [0.1, 0.15) is 5.82 Å². The molecule has 0 atom stereocenters. The van der Waals surface area contributed by atoms with Crippen LogP contribution < -0.4 is 5.73 Å². The Hall–Kier alpha value is -2.14. The molecule has 0 saturated carbocycles. The Balaban J connectivity index is 2.39. The summed E-state index contributed by atoms with van der Waals surface area (Å²) >= 11 is 0. The number of benzene rings is 1. The van der Waals surface area contributed by atoms with Crippen molar-refractivity contribution in [3.05, 3.63) is 30.1 Å². The second kappa shape index (κ2) is 4.51. The number of rotatable bonds is 3. The van der Waals surface area contributed by atoms with E-state index in [0.29, 0.717) is 12.4 Å². The number of fused-ring (bicyclic) bond motifs is 3. The maximum atomic E-state index is 6.01. The van der Waals surface area contributed by atoms with Crippen molar-refractivity contribution in [3.8, 4) is 0 Å². The zero-order valence-electron chi connectivity index (χ0n) is 11.1. The highest BCUT2D eigenvalue weighted by atomic mass is 16.5. The number of methoxy groups -OCH3 is 1. The smallest absolute Gasteiger partial charge is 0.152 e. The first-order valence-electron chi connectivity index (χ1n) is 6.22. The lowest BCUT2D eigenvalue weighted by molar-refractivity contribution is 0.187. The second-order valence-electron chi connectivity index (χ2n) is 4.51. The molecule has 1 aromatic carbocycles. The number of nitrogens with zero attached hydrogens (tertiary/aromatic N) is 3. The van der Waals surface area contributed by atoms with Crippen LogP contribution in [0, 0.1) is 6.92 Å². The van der Waals surface area contributed by atoms with Crippen molar-refractivity contribution in [1.82, 2.24) is 14.5 Å². The first-order chi connectivity index (χ1) is 9.22. The molecule has 0 amide bonds. The lowest BCUT2D eigenvalue weighted by atomic mass is 10.2. The summed E-state index contributed by atoms with van der Waals surface area (Å²) in [5.41, 5.74) is 8.72. The van der Waals surface area contributed by atoms with Gasteiger partial charge < -0.3 is 15.0 Å². The van der Waals surface area contributed by atoms with Crippen LogP contribution in [-0.2, 0) is 11.3 Å². The van der Waals surface area contributed by atoms with Gasteiger partial charge in [0.2, 0.25) is 0 Å². The number of hydrogen-bond donors (Lipinski definition) is 1. The minimum atomic E-state index is 0.480. The standard InChI is InChI=1S/C14H16N4O/c1-9-16-12-13(18(9)7-8-19-2)10-5-3-4-6-11(10)17-14(12)15/h3-6H,7-8H2,1-2H3,(H2,15,17). The number of nitrogens with two attached hydrogens (primary N) is 1. The number of anilines is 1. The summed E-state index contributed by atoms with van der Waals surface area (Å²) in [4.78, 5) is 8.94. The molecule has 0 fully saturated rings. The SMILES string of the molecule is COCCn1c(C)nc2c(N)nc3ccccc3c21. The van der Waals surface area contributed by atoms with Gasteiger partial charge in [0.15, 0.2) is 5.82 Å². The number of aryl methyl sites for hydroxylation is 1. The maximum Gasteiger partial charge on any atom is 0.152 e. The molecular formula is C14H16N4O. The number of para-hydroxylation sites is 1. The molecule has 0 aliphatic carbocycles. The number of aromatic nitrogens is 3. The Morgan fingerprint density at radius 2 is 2.05 bits per heavy atom. The Morgan fingerprint density at radius 1 is 1.26 bits per heavy atom. The van der Waals surface area contributed by atoms with E-state index >= 15 is 0 Å². The van der Waals surface area contributed by atoms with Crippen molar-refractivity contribution in [2.45, 2.75) is 13.5 Å². The quantitative estimate of drug-likeness (QED) is 0.779. The van der Waals surface area contributed by atoms with E-state index in [9.17, 15) is 0 Å². The lowest BCUT2D eigenvalue weighted by Crippen LogP contribution is -2.06. The molecule has 2 N–H and O–H groups in total. The third-order valence-electron chi connectivity index (χ3n) is 3.32. The summed E-state index contributed by atoms with van der Waals surface area (Å²) in [7, 11) is 1.70. The van der Waals surface area contributed by atoms with Crippen molar-refractivity contribution >= 4 is 27.8 Å². The van der Waals surface area contributed by atoms with Gasteiger partial charge in [-0.3, -0.25) is 0 Å². The monoisotopic (exact) mass is 256 g/mol. The third-order valence-corrected chi connectivity index (χ3v) is 3.32. The highest BCUT2D eigenvalue weighted by Gasteiger charge is 2.14. The van der Waals surface area contributed by atoms with E-state index in [1.165, 1.54) is 0 Å². The highest BCUT2D eigenvalue weighted by molar-refractivity contribution is 6.06. The Kier molecular flexibility index (Phi) is 2.83. The van der Waals surface area contributed by atoms with E-state index in [0.717, 1.165) is 34.3 Å². The number of pyridine rings is 1. The largest absolute Gasteiger partial charge is 0.383 e. The van der Waals surface area contributed by atoms with Crippen LogP contribution >= 0.6 is 0 Å². The summed E-state index contributed by atoms with van der Waals surface area (Å²) in [6.45, 7) is 3.37. The molecule has 0 saturated heterocycles. The van der Waals surface area contributed by atoms with Gasteiger partial charge in [0, 0.05) is 19.0 Å². The molecule has 3 rings (SSSR count). The van der Waals surface area contributed by atoms with Crippen molar-refractivity contribution in [2.75, 3.05) is 19.5 Å². The van der Waals surface area contributed by atoms with Crippen LogP contribution in [0.2, 0.25) is 0 Å². The van der Waals surface area contributed by atoms with Gasteiger partial charge in [0.05, 0.1) is 17.6 Å². The van der Waals surface area contributed by atoms with Crippen molar-refractivity contribution in [1.29, 1.82) is 0 Å². The zero-order chi connectivity index (χ0) is 13.4. The van der Waals surface area contributed by atoms with Gasteiger partial charge in [0.25, 0.3) is 0 Å². The molecule has 3 aromatic rings. The van der Waals surface area contributed by atoms with Crippen LogP contribution in [0.3, 0.4) is 0 Å². The first kappa shape index (κ1) is 11.9. The molecule has 0 aliphatic rings. The molecule has 0 spiro atoms. The topological polar surface area (TPSA) is 66.0 Å². The Labute approximate surface area is 111 Å². The van der Waals surface area contributed by atoms with E-state index in [-0.39, 0.29) is 0 Å². The molecule has 19 heavy (non-hydrogen) atoms. The molecule has 98 valence electrons. The van der Waals surface area contributed by atoms with Crippen molar-refractivity contribution < 1.29 is 4.74 Å².